The first-order chi connectivity index (χ1) is 12.4. The van der Waals surface area contributed by atoms with Crippen LogP contribution in [0.5, 0.6) is 0 Å². The molecule has 26 heavy (non-hydrogen) atoms. The standard InChI is InChI=1S/C19H29N3O3S/c1-26(24,25)22(16-19(23)21-14-4-2-3-5-15-21)18-10-8-17(9-11-18)20-12-6-7-13-20/h8-11H,2-7,12-16H2,1H3. The lowest BCUT2D eigenvalue weighted by molar-refractivity contribution is -0.129. The maximum Gasteiger partial charge on any atom is 0.243 e. The summed E-state index contributed by atoms with van der Waals surface area (Å²) in [5.41, 5.74) is 1.66. The van der Waals surface area contributed by atoms with Crippen LogP contribution in [0.2, 0.25) is 0 Å². The van der Waals surface area contributed by atoms with E-state index < -0.39 is 10.0 Å². The van der Waals surface area contributed by atoms with Crippen molar-refractivity contribution in [2.24, 2.45) is 0 Å². The quantitative estimate of drug-likeness (QED) is 0.788. The molecule has 0 N–H and O–H groups in total. The molecule has 3 rings (SSSR count). The predicted octanol–water partition coefficient (Wildman–Crippen LogP) is 2.46. The topological polar surface area (TPSA) is 60.9 Å². The molecule has 2 aliphatic rings. The van der Waals surface area contributed by atoms with Gasteiger partial charge in [-0.1, -0.05) is 12.8 Å². The highest BCUT2D eigenvalue weighted by atomic mass is 32.2. The third kappa shape index (κ3) is 4.69. The minimum absolute atomic E-state index is 0.110. The fraction of sp³-hybridized carbons (Fsp3) is 0.632. The smallest absolute Gasteiger partial charge is 0.243 e. The molecule has 0 aliphatic carbocycles. The predicted molar refractivity (Wildman–Crippen MR) is 105 cm³/mol. The van der Waals surface area contributed by atoms with E-state index in [2.05, 4.69) is 4.90 Å². The summed E-state index contributed by atoms with van der Waals surface area (Å²) in [5, 5.41) is 0. The zero-order chi connectivity index (χ0) is 18.6. The molecule has 144 valence electrons. The Hall–Kier alpha value is -1.76. The molecule has 1 amide bonds. The van der Waals surface area contributed by atoms with Crippen molar-refractivity contribution in [3.63, 3.8) is 0 Å². The first-order valence-electron chi connectivity index (χ1n) is 9.56. The molecule has 0 unspecified atom stereocenters. The Morgan fingerprint density at radius 1 is 0.923 bits per heavy atom. The molecule has 0 atom stereocenters. The van der Waals surface area contributed by atoms with E-state index in [-0.39, 0.29) is 12.5 Å². The van der Waals surface area contributed by atoms with Crippen molar-refractivity contribution in [1.82, 2.24) is 4.90 Å². The average molecular weight is 380 g/mol. The first-order valence-corrected chi connectivity index (χ1v) is 11.4. The van der Waals surface area contributed by atoms with E-state index in [9.17, 15) is 13.2 Å². The molecule has 0 bridgehead atoms. The van der Waals surface area contributed by atoms with Crippen LogP contribution in [0.15, 0.2) is 24.3 Å². The lowest BCUT2D eigenvalue weighted by Gasteiger charge is -2.27. The van der Waals surface area contributed by atoms with Gasteiger partial charge in [0.05, 0.1) is 11.9 Å². The van der Waals surface area contributed by atoms with Crippen LogP contribution in [0, 0.1) is 0 Å². The van der Waals surface area contributed by atoms with E-state index in [1.54, 1.807) is 0 Å². The van der Waals surface area contributed by atoms with E-state index in [0.717, 1.165) is 63.8 Å². The Balaban J connectivity index is 1.74. The first kappa shape index (κ1) is 19.0. The summed E-state index contributed by atoms with van der Waals surface area (Å²) < 4.78 is 25.8. The average Bonchev–Trinajstić information content (AvgIpc) is 3.01. The SMILES string of the molecule is CS(=O)(=O)N(CC(=O)N1CCCCCC1)c1ccc(N2CCCC2)cc1. The Bertz CT molecular complexity index is 704. The number of nitrogens with zero attached hydrogens (tertiary/aromatic N) is 3. The van der Waals surface area contributed by atoms with Crippen LogP contribution in [0.1, 0.15) is 38.5 Å². The number of carbonyl (C=O) groups is 1. The van der Waals surface area contributed by atoms with Crippen molar-refractivity contribution in [3.05, 3.63) is 24.3 Å². The maximum absolute atomic E-state index is 12.7. The van der Waals surface area contributed by atoms with Crippen molar-refractivity contribution in [1.29, 1.82) is 0 Å². The summed E-state index contributed by atoms with van der Waals surface area (Å²) in [4.78, 5) is 16.8. The summed E-state index contributed by atoms with van der Waals surface area (Å²) in [6.45, 7) is 3.42. The third-order valence-corrected chi connectivity index (χ3v) is 6.39. The third-order valence-electron chi connectivity index (χ3n) is 5.25. The molecule has 2 saturated heterocycles. The van der Waals surface area contributed by atoms with Crippen LogP contribution >= 0.6 is 0 Å². The molecule has 1 aromatic carbocycles. The molecule has 0 aromatic heterocycles. The number of sulfonamides is 1. The van der Waals surface area contributed by atoms with Gasteiger partial charge >= 0.3 is 0 Å². The molecule has 0 spiro atoms. The number of anilines is 2. The van der Waals surface area contributed by atoms with Gasteiger partial charge < -0.3 is 9.80 Å². The molecule has 0 saturated carbocycles. The minimum atomic E-state index is -3.52. The second-order valence-corrected chi connectivity index (χ2v) is 9.18. The van der Waals surface area contributed by atoms with Gasteiger partial charge in [0.15, 0.2) is 0 Å². The van der Waals surface area contributed by atoms with Crippen LogP contribution in [0.4, 0.5) is 11.4 Å². The van der Waals surface area contributed by atoms with Gasteiger partial charge in [-0.15, -0.1) is 0 Å². The lowest BCUT2D eigenvalue weighted by atomic mass is 10.2. The zero-order valence-corrected chi connectivity index (χ0v) is 16.4. The zero-order valence-electron chi connectivity index (χ0n) is 15.6. The summed E-state index contributed by atoms with van der Waals surface area (Å²) in [7, 11) is -3.52. The number of hydrogen-bond acceptors (Lipinski definition) is 4. The Kier molecular flexibility index (Phi) is 6.06. The molecule has 0 radical (unpaired) electrons. The number of benzene rings is 1. The van der Waals surface area contributed by atoms with Crippen LogP contribution in [-0.2, 0) is 14.8 Å². The number of rotatable bonds is 5. The van der Waals surface area contributed by atoms with E-state index in [4.69, 9.17) is 0 Å². The highest BCUT2D eigenvalue weighted by Gasteiger charge is 2.25. The van der Waals surface area contributed by atoms with Crippen LogP contribution in [0.3, 0.4) is 0 Å². The van der Waals surface area contributed by atoms with E-state index in [0.29, 0.717) is 5.69 Å². The Morgan fingerprint density at radius 2 is 1.46 bits per heavy atom. The number of amides is 1. The monoisotopic (exact) mass is 379 g/mol. The van der Waals surface area contributed by atoms with Gasteiger partial charge in [0.1, 0.15) is 6.54 Å². The maximum atomic E-state index is 12.7. The summed E-state index contributed by atoms with van der Waals surface area (Å²) in [6.07, 6.45) is 7.82. The molecule has 6 nitrogen and oxygen atoms in total. The second-order valence-electron chi connectivity index (χ2n) is 7.28. The van der Waals surface area contributed by atoms with Crippen molar-refractivity contribution >= 4 is 27.3 Å². The molecule has 2 aliphatic heterocycles. The molecule has 2 fully saturated rings. The second kappa shape index (κ2) is 8.29. The fourth-order valence-corrected chi connectivity index (χ4v) is 4.60. The van der Waals surface area contributed by atoms with Gasteiger partial charge in [0.2, 0.25) is 15.9 Å². The van der Waals surface area contributed by atoms with Gasteiger partial charge in [0.25, 0.3) is 0 Å². The van der Waals surface area contributed by atoms with Gasteiger partial charge in [0, 0.05) is 31.9 Å². The van der Waals surface area contributed by atoms with Crippen LogP contribution in [-0.4, -0.2) is 58.2 Å². The fourth-order valence-electron chi connectivity index (χ4n) is 3.75. The summed E-state index contributed by atoms with van der Waals surface area (Å²) in [6, 6.07) is 7.53. The molecule has 7 heteroatoms. The summed E-state index contributed by atoms with van der Waals surface area (Å²) >= 11 is 0. The highest BCUT2D eigenvalue weighted by Crippen LogP contribution is 2.25. The molecular weight excluding hydrogens is 350 g/mol. The number of hydrogen-bond donors (Lipinski definition) is 0. The number of carbonyl (C=O) groups excluding carboxylic acids is 1. The van der Waals surface area contributed by atoms with Crippen molar-refractivity contribution in [2.45, 2.75) is 38.5 Å². The van der Waals surface area contributed by atoms with Gasteiger partial charge in [-0.2, -0.15) is 0 Å². The minimum Gasteiger partial charge on any atom is -0.372 e. The van der Waals surface area contributed by atoms with E-state index >= 15 is 0 Å². The molecule has 2 heterocycles. The van der Waals surface area contributed by atoms with Crippen molar-refractivity contribution in [2.75, 3.05) is 48.2 Å². The summed E-state index contributed by atoms with van der Waals surface area (Å²) in [5.74, 6) is -0.110. The molecule has 1 aromatic rings. The van der Waals surface area contributed by atoms with Crippen LogP contribution < -0.4 is 9.21 Å². The lowest BCUT2D eigenvalue weighted by Crippen LogP contribution is -2.43. The Labute approximate surface area is 156 Å². The van der Waals surface area contributed by atoms with Crippen LogP contribution in [0.25, 0.3) is 0 Å². The highest BCUT2D eigenvalue weighted by molar-refractivity contribution is 7.92. The van der Waals surface area contributed by atoms with Crippen molar-refractivity contribution < 1.29 is 13.2 Å². The Morgan fingerprint density at radius 3 is 2.00 bits per heavy atom. The normalized spacial score (nSPS) is 18.7. The number of likely N-dealkylation sites (tertiary alicyclic amines) is 1. The van der Waals surface area contributed by atoms with E-state index in [1.165, 1.54) is 17.1 Å². The largest absolute Gasteiger partial charge is 0.372 e. The molecular formula is C19H29N3O3S. The van der Waals surface area contributed by atoms with Gasteiger partial charge in [-0.3, -0.25) is 9.10 Å². The van der Waals surface area contributed by atoms with Gasteiger partial charge in [-0.25, -0.2) is 8.42 Å². The van der Waals surface area contributed by atoms with E-state index in [1.807, 2.05) is 29.2 Å². The van der Waals surface area contributed by atoms with Gasteiger partial charge in [-0.05, 0) is 49.9 Å². The van der Waals surface area contributed by atoms with Crippen molar-refractivity contribution in [3.8, 4) is 0 Å².